The predicted molar refractivity (Wildman–Crippen MR) is 103 cm³/mol. The van der Waals surface area contributed by atoms with Crippen LogP contribution >= 0.6 is 0 Å². The van der Waals surface area contributed by atoms with Gasteiger partial charge in [0.1, 0.15) is 11.5 Å². The van der Waals surface area contributed by atoms with E-state index in [2.05, 4.69) is 39.9 Å². The van der Waals surface area contributed by atoms with E-state index in [0.717, 1.165) is 42.4 Å². The van der Waals surface area contributed by atoms with E-state index in [-0.39, 0.29) is 0 Å². The number of hydrogen-bond donors (Lipinski definition) is 2. The molecule has 0 aliphatic carbocycles. The van der Waals surface area contributed by atoms with Gasteiger partial charge in [-0.1, -0.05) is 30.3 Å². The standard InChI is InChI=1S/C20H27N3O2/c1-21-20(22-13-7-10-16-8-5-4-6-9-16)23-15-17-11-12-18(24-2)14-19(17)25-3/h4-6,8-9,11-12,14H,7,10,13,15H2,1-3H3,(H2,21,22,23). The summed E-state index contributed by atoms with van der Waals surface area (Å²) in [7, 11) is 5.08. The van der Waals surface area contributed by atoms with E-state index < -0.39 is 0 Å². The molecule has 0 saturated carbocycles. The highest BCUT2D eigenvalue weighted by Crippen LogP contribution is 2.24. The van der Waals surface area contributed by atoms with Crippen LogP contribution in [0.3, 0.4) is 0 Å². The minimum Gasteiger partial charge on any atom is -0.497 e. The number of benzene rings is 2. The Morgan fingerprint density at radius 3 is 2.48 bits per heavy atom. The molecule has 0 saturated heterocycles. The monoisotopic (exact) mass is 341 g/mol. The number of methoxy groups -OCH3 is 2. The number of hydrogen-bond acceptors (Lipinski definition) is 3. The molecular formula is C20H27N3O2. The molecule has 0 aliphatic heterocycles. The summed E-state index contributed by atoms with van der Waals surface area (Å²) in [4.78, 5) is 4.27. The number of guanidine groups is 1. The summed E-state index contributed by atoms with van der Waals surface area (Å²) in [5.74, 6) is 2.36. The van der Waals surface area contributed by atoms with Crippen LogP contribution in [0.4, 0.5) is 0 Å². The van der Waals surface area contributed by atoms with Gasteiger partial charge in [0.2, 0.25) is 0 Å². The van der Waals surface area contributed by atoms with Crippen LogP contribution in [0.1, 0.15) is 17.5 Å². The molecule has 0 aromatic heterocycles. The van der Waals surface area contributed by atoms with Gasteiger partial charge in [0, 0.05) is 31.8 Å². The molecule has 0 atom stereocenters. The number of rotatable bonds is 8. The van der Waals surface area contributed by atoms with Gasteiger partial charge in [-0.15, -0.1) is 0 Å². The van der Waals surface area contributed by atoms with E-state index in [1.54, 1.807) is 21.3 Å². The molecule has 2 rings (SSSR count). The van der Waals surface area contributed by atoms with Gasteiger partial charge in [-0.2, -0.15) is 0 Å². The predicted octanol–water partition coefficient (Wildman–Crippen LogP) is 3.00. The summed E-state index contributed by atoms with van der Waals surface area (Å²) in [5, 5.41) is 6.66. The second-order valence-electron chi connectivity index (χ2n) is 5.62. The lowest BCUT2D eigenvalue weighted by atomic mass is 10.1. The van der Waals surface area contributed by atoms with Crippen LogP contribution in [-0.4, -0.2) is 33.8 Å². The van der Waals surface area contributed by atoms with Crippen LogP contribution in [-0.2, 0) is 13.0 Å². The molecule has 0 spiro atoms. The SMILES string of the molecule is CN=C(NCCCc1ccccc1)NCc1ccc(OC)cc1OC. The van der Waals surface area contributed by atoms with Crippen molar-refractivity contribution in [2.75, 3.05) is 27.8 Å². The van der Waals surface area contributed by atoms with Crippen LogP contribution in [0, 0.1) is 0 Å². The maximum atomic E-state index is 5.42. The van der Waals surface area contributed by atoms with Crippen LogP contribution < -0.4 is 20.1 Å². The topological polar surface area (TPSA) is 54.9 Å². The van der Waals surface area contributed by atoms with E-state index in [4.69, 9.17) is 9.47 Å². The van der Waals surface area contributed by atoms with Gasteiger partial charge in [0.05, 0.1) is 14.2 Å². The van der Waals surface area contributed by atoms with Gasteiger partial charge in [-0.05, 0) is 30.5 Å². The molecule has 0 aliphatic rings. The number of nitrogens with zero attached hydrogens (tertiary/aromatic N) is 1. The molecule has 0 bridgehead atoms. The van der Waals surface area contributed by atoms with Crippen molar-refractivity contribution >= 4 is 5.96 Å². The molecule has 0 radical (unpaired) electrons. The summed E-state index contributed by atoms with van der Waals surface area (Å²) >= 11 is 0. The minimum atomic E-state index is 0.630. The van der Waals surface area contributed by atoms with Gasteiger partial charge in [0.25, 0.3) is 0 Å². The fourth-order valence-corrected chi connectivity index (χ4v) is 2.54. The average molecular weight is 341 g/mol. The van der Waals surface area contributed by atoms with Crippen molar-refractivity contribution in [1.82, 2.24) is 10.6 Å². The lowest BCUT2D eigenvalue weighted by Crippen LogP contribution is -2.37. The Bertz CT molecular complexity index is 672. The summed E-state index contributed by atoms with van der Waals surface area (Å²) < 4.78 is 10.6. The van der Waals surface area contributed by atoms with E-state index in [0.29, 0.717) is 6.54 Å². The molecular weight excluding hydrogens is 314 g/mol. The van der Waals surface area contributed by atoms with E-state index in [1.807, 2.05) is 24.3 Å². The lowest BCUT2D eigenvalue weighted by Gasteiger charge is -2.14. The first-order valence-electron chi connectivity index (χ1n) is 8.46. The zero-order valence-corrected chi connectivity index (χ0v) is 15.2. The summed E-state index contributed by atoms with van der Waals surface area (Å²) in [6, 6.07) is 16.3. The Balaban J connectivity index is 1.78. The molecule has 2 aromatic rings. The normalized spacial score (nSPS) is 11.1. The second kappa shape index (κ2) is 10.2. The van der Waals surface area contributed by atoms with Gasteiger partial charge in [-0.3, -0.25) is 4.99 Å². The third-order valence-electron chi connectivity index (χ3n) is 3.94. The fraction of sp³-hybridized carbons (Fsp3) is 0.350. The molecule has 2 aromatic carbocycles. The van der Waals surface area contributed by atoms with Crippen molar-refractivity contribution in [3.8, 4) is 11.5 Å². The van der Waals surface area contributed by atoms with Crippen molar-refractivity contribution in [3.05, 3.63) is 59.7 Å². The first-order valence-corrected chi connectivity index (χ1v) is 8.46. The average Bonchev–Trinajstić information content (AvgIpc) is 2.68. The quantitative estimate of drug-likeness (QED) is 0.440. The zero-order valence-electron chi connectivity index (χ0n) is 15.2. The third-order valence-corrected chi connectivity index (χ3v) is 3.94. The Hall–Kier alpha value is -2.69. The maximum absolute atomic E-state index is 5.42. The van der Waals surface area contributed by atoms with Crippen molar-refractivity contribution < 1.29 is 9.47 Å². The van der Waals surface area contributed by atoms with Crippen LogP contribution in [0.25, 0.3) is 0 Å². The number of nitrogens with one attached hydrogen (secondary N) is 2. The van der Waals surface area contributed by atoms with Crippen molar-refractivity contribution in [2.45, 2.75) is 19.4 Å². The summed E-state index contributed by atoms with van der Waals surface area (Å²) in [5.41, 5.74) is 2.41. The third kappa shape index (κ3) is 6.03. The Morgan fingerprint density at radius 1 is 1.00 bits per heavy atom. The largest absolute Gasteiger partial charge is 0.497 e. The van der Waals surface area contributed by atoms with Gasteiger partial charge in [-0.25, -0.2) is 0 Å². The van der Waals surface area contributed by atoms with Gasteiger partial charge >= 0.3 is 0 Å². The molecule has 5 nitrogen and oxygen atoms in total. The molecule has 5 heteroatoms. The summed E-state index contributed by atoms with van der Waals surface area (Å²) in [6.07, 6.45) is 2.10. The number of ether oxygens (including phenoxy) is 2. The Kier molecular flexibility index (Phi) is 7.63. The zero-order chi connectivity index (χ0) is 17.9. The van der Waals surface area contributed by atoms with Gasteiger partial charge in [0.15, 0.2) is 5.96 Å². The Labute approximate surface area is 150 Å². The smallest absolute Gasteiger partial charge is 0.191 e. The first kappa shape index (κ1) is 18.6. The van der Waals surface area contributed by atoms with Crippen LogP contribution in [0.5, 0.6) is 11.5 Å². The van der Waals surface area contributed by atoms with Crippen molar-refractivity contribution in [1.29, 1.82) is 0 Å². The minimum absolute atomic E-state index is 0.630. The highest BCUT2D eigenvalue weighted by Gasteiger charge is 2.06. The lowest BCUT2D eigenvalue weighted by molar-refractivity contribution is 0.390. The molecule has 0 amide bonds. The first-order chi connectivity index (χ1) is 12.3. The maximum Gasteiger partial charge on any atom is 0.191 e. The Morgan fingerprint density at radius 2 is 1.80 bits per heavy atom. The number of aliphatic imine (C=N–C) groups is 1. The van der Waals surface area contributed by atoms with Crippen molar-refractivity contribution in [2.24, 2.45) is 4.99 Å². The molecule has 0 unspecified atom stereocenters. The molecule has 0 heterocycles. The fourth-order valence-electron chi connectivity index (χ4n) is 2.54. The molecule has 25 heavy (non-hydrogen) atoms. The van der Waals surface area contributed by atoms with Crippen LogP contribution in [0.2, 0.25) is 0 Å². The number of aryl methyl sites for hydroxylation is 1. The van der Waals surface area contributed by atoms with Crippen molar-refractivity contribution in [3.63, 3.8) is 0 Å². The molecule has 2 N–H and O–H groups in total. The molecule has 134 valence electrons. The van der Waals surface area contributed by atoms with E-state index in [9.17, 15) is 0 Å². The second-order valence-corrected chi connectivity index (χ2v) is 5.62. The summed E-state index contributed by atoms with van der Waals surface area (Å²) in [6.45, 7) is 1.50. The highest BCUT2D eigenvalue weighted by atomic mass is 16.5. The van der Waals surface area contributed by atoms with Crippen LogP contribution in [0.15, 0.2) is 53.5 Å². The highest BCUT2D eigenvalue weighted by molar-refractivity contribution is 5.79. The van der Waals surface area contributed by atoms with E-state index in [1.165, 1.54) is 5.56 Å². The molecule has 0 fully saturated rings. The van der Waals surface area contributed by atoms with Gasteiger partial charge < -0.3 is 20.1 Å². The van der Waals surface area contributed by atoms with E-state index >= 15 is 0 Å².